The minimum absolute atomic E-state index is 0.418. The third-order valence-electron chi connectivity index (χ3n) is 4.58. The number of nitrogens with two attached hydrogens (primary N) is 1. The largest absolute Gasteiger partial charge is 0.366 e. The minimum Gasteiger partial charge on any atom is -0.366 e. The van der Waals surface area contributed by atoms with Crippen LogP contribution in [0.2, 0.25) is 0 Å². The molecule has 1 aliphatic heterocycles. The lowest BCUT2D eigenvalue weighted by molar-refractivity contribution is 0.100. The molecular formula is C17H24N4OS. The van der Waals surface area contributed by atoms with Gasteiger partial charge in [-0.1, -0.05) is 17.4 Å². The van der Waals surface area contributed by atoms with Crippen LogP contribution in [0.25, 0.3) is 10.2 Å². The number of amides is 1. The summed E-state index contributed by atoms with van der Waals surface area (Å²) in [5.74, 6) is 0.253. The maximum absolute atomic E-state index is 11.5. The minimum atomic E-state index is -0.418. The van der Waals surface area contributed by atoms with Crippen LogP contribution in [0.3, 0.4) is 0 Å². The van der Waals surface area contributed by atoms with Crippen molar-refractivity contribution in [1.29, 1.82) is 0 Å². The Kier molecular flexibility index (Phi) is 4.55. The van der Waals surface area contributed by atoms with Crippen molar-refractivity contribution in [3.8, 4) is 0 Å². The second kappa shape index (κ2) is 6.45. The lowest BCUT2D eigenvalue weighted by Crippen LogP contribution is -2.31. The fourth-order valence-electron chi connectivity index (χ4n) is 3.24. The van der Waals surface area contributed by atoms with E-state index >= 15 is 0 Å². The number of aromatic nitrogens is 1. The second-order valence-corrected chi connectivity index (χ2v) is 7.65. The van der Waals surface area contributed by atoms with Gasteiger partial charge in [-0.15, -0.1) is 0 Å². The average molecular weight is 332 g/mol. The number of hydrogen-bond acceptors (Lipinski definition) is 5. The highest BCUT2D eigenvalue weighted by Crippen LogP contribution is 2.31. The lowest BCUT2D eigenvalue weighted by Gasteiger charge is -2.23. The van der Waals surface area contributed by atoms with Gasteiger partial charge in [0.1, 0.15) is 0 Å². The van der Waals surface area contributed by atoms with Crippen molar-refractivity contribution in [2.75, 3.05) is 31.6 Å². The van der Waals surface area contributed by atoms with E-state index in [4.69, 9.17) is 5.73 Å². The van der Waals surface area contributed by atoms with Crippen LogP contribution in [0.1, 0.15) is 30.6 Å². The maximum atomic E-state index is 11.5. The van der Waals surface area contributed by atoms with Gasteiger partial charge in [0, 0.05) is 26.2 Å². The fraction of sp³-hybridized carbons (Fsp3) is 0.529. The van der Waals surface area contributed by atoms with Crippen LogP contribution in [-0.2, 0) is 0 Å². The molecule has 1 unspecified atom stereocenters. The van der Waals surface area contributed by atoms with Crippen molar-refractivity contribution in [3.63, 3.8) is 0 Å². The molecule has 23 heavy (non-hydrogen) atoms. The van der Waals surface area contributed by atoms with Crippen molar-refractivity contribution >= 4 is 32.6 Å². The summed E-state index contributed by atoms with van der Waals surface area (Å²) in [6.07, 6.45) is 1.24. The molecule has 0 bridgehead atoms. The van der Waals surface area contributed by atoms with Crippen LogP contribution < -0.4 is 10.6 Å². The summed E-state index contributed by atoms with van der Waals surface area (Å²) < 4.78 is 1.01. The molecule has 1 saturated heterocycles. The summed E-state index contributed by atoms with van der Waals surface area (Å²) in [5, 5.41) is 0.955. The molecule has 0 spiro atoms. The molecule has 2 aromatic rings. The molecule has 2 heterocycles. The van der Waals surface area contributed by atoms with Gasteiger partial charge >= 0.3 is 0 Å². The fourth-order valence-corrected chi connectivity index (χ4v) is 4.21. The van der Waals surface area contributed by atoms with Crippen molar-refractivity contribution in [2.24, 2.45) is 11.7 Å². The number of anilines is 1. The highest BCUT2D eigenvalue weighted by Gasteiger charge is 2.26. The number of hydrogen-bond donors (Lipinski definition) is 1. The van der Waals surface area contributed by atoms with Gasteiger partial charge in [-0.05, 0) is 44.9 Å². The Hall–Kier alpha value is -1.66. The molecule has 0 aliphatic carbocycles. The molecule has 1 atom stereocenters. The predicted molar refractivity (Wildman–Crippen MR) is 96.2 cm³/mol. The third-order valence-corrected chi connectivity index (χ3v) is 5.71. The predicted octanol–water partition coefficient (Wildman–Crippen LogP) is 2.56. The Morgan fingerprint density at radius 2 is 2.30 bits per heavy atom. The second-order valence-electron chi connectivity index (χ2n) is 6.64. The van der Waals surface area contributed by atoms with Crippen LogP contribution in [-0.4, -0.2) is 48.5 Å². The van der Waals surface area contributed by atoms with Crippen molar-refractivity contribution in [3.05, 3.63) is 23.8 Å². The van der Waals surface area contributed by atoms with Crippen molar-refractivity contribution in [1.82, 2.24) is 9.88 Å². The van der Waals surface area contributed by atoms with Gasteiger partial charge in [0.05, 0.1) is 15.8 Å². The monoisotopic (exact) mass is 332 g/mol. The quantitative estimate of drug-likeness (QED) is 0.914. The number of para-hydroxylation sites is 1. The van der Waals surface area contributed by atoms with E-state index in [1.807, 2.05) is 12.1 Å². The number of carbonyl (C=O) groups excluding carboxylic acids is 1. The molecule has 1 aromatic heterocycles. The summed E-state index contributed by atoms with van der Waals surface area (Å²) in [7, 11) is 2.08. The van der Waals surface area contributed by atoms with E-state index in [2.05, 4.69) is 35.7 Å². The molecule has 5 nitrogen and oxygen atoms in total. The molecule has 2 N–H and O–H groups in total. The van der Waals surface area contributed by atoms with Crippen LogP contribution >= 0.6 is 11.3 Å². The first kappa shape index (κ1) is 16.2. The number of benzene rings is 1. The van der Waals surface area contributed by atoms with E-state index in [0.29, 0.717) is 17.5 Å². The number of fused-ring (bicyclic) bond motifs is 1. The molecule has 124 valence electrons. The van der Waals surface area contributed by atoms with E-state index in [1.165, 1.54) is 13.0 Å². The summed E-state index contributed by atoms with van der Waals surface area (Å²) in [6, 6.07) is 6.21. The molecule has 6 heteroatoms. The summed E-state index contributed by atoms with van der Waals surface area (Å²) >= 11 is 1.62. The van der Waals surface area contributed by atoms with Gasteiger partial charge in [-0.3, -0.25) is 4.79 Å². The van der Waals surface area contributed by atoms with E-state index in [-0.39, 0.29) is 0 Å². The number of nitrogens with zero attached hydrogens (tertiary/aromatic N) is 3. The Bertz CT molecular complexity index is 712. The zero-order valence-electron chi connectivity index (χ0n) is 14.0. The molecular weight excluding hydrogens is 308 g/mol. The summed E-state index contributed by atoms with van der Waals surface area (Å²) in [5.41, 5.74) is 6.68. The number of thiazole rings is 1. The topological polar surface area (TPSA) is 62.5 Å². The van der Waals surface area contributed by atoms with Crippen LogP contribution in [0.15, 0.2) is 18.2 Å². The maximum Gasteiger partial charge on any atom is 0.250 e. The Balaban J connectivity index is 1.75. The molecule has 1 aliphatic rings. The molecule has 3 rings (SSSR count). The zero-order chi connectivity index (χ0) is 16.6. The normalized spacial score (nSPS) is 18.9. The first-order valence-corrected chi connectivity index (χ1v) is 8.92. The standard InChI is InChI=1S/C17H24N4OS/c1-11(2)21-8-7-12(10-21)9-20(3)17-19-15-13(16(18)22)5-4-6-14(15)23-17/h4-6,11-12H,7-10H2,1-3H3,(H2,18,22). The van der Waals surface area contributed by atoms with Crippen molar-refractivity contribution in [2.45, 2.75) is 26.3 Å². The van der Waals surface area contributed by atoms with Crippen LogP contribution in [0.4, 0.5) is 5.13 Å². The summed E-state index contributed by atoms with van der Waals surface area (Å²) in [4.78, 5) is 20.9. The van der Waals surface area contributed by atoms with Gasteiger partial charge in [-0.2, -0.15) is 0 Å². The van der Waals surface area contributed by atoms with Crippen LogP contribution in [0.5, 0.6) is 0 Å². The third kappa shape index (κ3) is 3.33. The first-order chi connectivity index (χ1) is 11.0. The SMILES string of the molecule is CC(C)N1CCC(CN(C)c2nc3c(C(N)=O)cccc3s2)C1. The molecule has 1 aromatic carbocycles. The van der Waals surface area contributed by atoms with E-state index in [9.17, 15) is 4.79 Å². The molecule has 0 radical (unpaired) electrons. The molecule has 1 amide bonds. The zero-order valence-corrected chi connectivity index (χ0v) is 14.8. The number of primary amides is 1. The summed E-state index contributed by atoms with van der Waals surface area (Å²) in [6.45, 7) is 7.84. The number of likely N-dealkylation sites (tertiary alicyclic amines) is 1. The van der Waals surface area contributed by atoms with Gasteiger partial charge in [-0.25, -0.2) is 4.98 Å². The van der Waals surface area contributed by atoms with E-state index in [0.717, 1.165) is 28.4 Å². The van der Waals surface area contributed by atoms with Gasteiger partial charge in [0.15, 0.2) is 5.13 Å². The van der Waals surface area contributed by atoms with E-state index in [1.54, 1.807) is 17.4 Å². The van der Waals surface area contributed by atoms with Gasteiger partial charge < -0.3 is 15.5 Å². The van der Waals surface area contributed by atoms with Crippen molar-refractivity contribution < 1.29 is 4.79 Å². The Labute approximate surface area is 141 Å². The Morgan fingerprint density at radius 3 is 2.96 bits per heavy atom. The average Bonchev–Trinajstić information content (AvgIpc) is 3.12. The van der Waals surface area contributed by atoms with Crippen LogP contribution in [0, 0.1) is 5.92 Å². The number of rotatable bonds is 5. The first-order valence-electron chi connectivity index (χ1n) is 8.10. The lowest BCUT2D eigenvalue weighted by atomic mass is 10.1. The molecule has 0 saturated carbocycles. The highest BCUT2D eigenvalue weighted by molar-refractivity contribution is 7.22. The number of carbonyl (C=O) groups is 1. The Morgan fingerprint density at radius 1 is 1.52 bits per heavy atom. The highest BCUT2D eigenvalue weighted by atomic mass is 32.1. The van der Waals surface area contributed by atoms with Gasteiger partial charge in [0.25, 0.3) is 5.91 Å². The molecule has 1 fully saturated rings. The smallest absolute Gasteiger partial charge is 0.250 e. The van der Waals surface area contributed by atoms with Gasteiger partial charge in [0.2, 0.25) is 0 Å². The van der Waals surface area contributed by atoms with E-state index < -0.39 is 5.91 Å².